The Morgan fingerprint density at radius 3 is 2.58 bits per heavy atom. The van der Waals surface area contributed by atoms with Crippen molar-refractivity contribution in [1.29, 1.82) is 0 Å². The normalized spacial score (nSPS) is 23.5. The summed E-state index contributed by atoms with van der Waals surface area (Å²) in [5, 5.41) is 20.0. The van der Waals surface area contributed by atoms with Gasteiger partial charge in [-0.25, -0.2) is 4.98 Å². The van der Waals surface area contributed by atoms with Gasteiger partial charge in [-0.05, 0) is 67.3 Å². The van der Waals surface area contributed by atoms with Crippen molar-refractivity contribution in [3.8, 4) is 11.4 Å². The molecule has 9 heteroatoms. The molecule has 3 atom stereocenters. The van der Waals surface area contributed by atoms with E-state index in [1.165, 1.54) is 49.0 Å². The van der Waals surface area contributed by atoms with Gasteiger partial charge in [-0.1, -0.05) is 28.8 Å². The highest BCUT2D eigenvalue weighted by Crippen LogP contribution is 2.26. The summed E-state index contributed by atoms with van der Waals surface area (Å²) in [6.07, 6.45) is 9.22. The molecule has 2 aliphatic rings. The van der Waals surface area contributed by atoms with Crippen molar-refractivity contribution >= 4 is 27.4 Å². The molecule has 2 N–H and O–H groups in total. The van der Waals surface area contributed by atoms with Gasteiger partial charge in [0.05, 0.1) is 7.05 Å². The summed E-state index contributed by atoms with van der Waals surface area (Å²) in [6.45, 7) is 2.12. The van der Waals surface area contributed by atoms with Crippen LogP contribution in [0.2, 0.25) is 0 Å². The lowest BCUT2D eigenvalue weighted by Gasteiger charge is -2.40. The van der Waals surface area contributed by atoms with Gasteiger partial charge in [0, 0.05) is 53.1 Å². The minimum absolute atomic E-state index is 0.412. The minimum Gasteiger partial charge on any atom is -0.370 e. The van der Waals surface area contributed by atoms with Crippen molar-refractivity contribution < 1.29 is 0 Å². The first kappa shape index (κ1) is 22.3. The van der Waals surface area contributed by atoms with Crippen molar-refractivity contribution in [2.45, 2.75) is 56.7 Å². The van der Waals surface area contributed by atoms with Crippen molar-refractivity contribution in [2.75, 3.05) is 23.3 Å². The van der Waals surface area contributed by atoms with Crippen LogP contribution >= 0.6 is 15.9 Å². The van der Waals surface area contributed by atoms with E-state index in [1.54, 1.807) is 7.05 Å². The first-order valence-electron chi connectivity index (χ1n) is 11.9. The van der Waals surface area contributed by atoms with Crippen LogP contribution in [-0.2, 0) is 7.05 Å². The highest BCUT2D eigenvalue weighted by molar-refractivity contribution is 9.10. The minimum atomic E-state index is 0.412. The number of piperidine rings is 1. The van der Waals surface area contributed by atoms with Gasteiger partial charge < -0.3 is 15.5 Å². The highest BCUT2D eigenvalue weighted by Gasteiger charge is 2.29. The Balaban J connectivity index is 1.21. The van der Waals surface area contributed by atoms with E-state index in [1.807, 2.05) is 12.3 Å². The largest absolute Gasteiger partial charge is 0.370 e. The average molecular weight is 511 g/mol. The number of anilines is 2. The first-order chi connectivity index (χ1) is 16.1. The Hall–Kier alpha value is -2.52. The molecule has 0 unspecified atom stereocenters. The molecule has 1 saturated heterocycles. The average Bonchev–Trinajstić information content (AvgIpc) is 3.27. The zero-order chi connectivity index (χ0) is 22.6. The fourth-order valence-corrected chi connectivity index (χ4v) is 5.38. The van der Waals surface area contributed by atoms with Crippen molar-refractivity contribution in [1.82, 2.24) is 30.5 Å². The second-order valence-electron chi connectivity index (χ2n) is 9.10. The summed E-state index contributed by atoms with van der Waals surface area (Å²) >= 11 is 3.56. The molecule has 0 amide bonds. The van der Waals surface area contributed by atoms with Gasteiger partial charge in [0.25, 0.3) is 0 Å². The molecule has 3 heterocycles. The SMILES string of the molecule is Cn1nnc(-c2ccc(N3CCC[C@H](N[C@@H]4CCCC[C@H]4Nc4cc(Br)ccn4)C3)cc2)n1. The zero-order valence-electron chi connectivity index (χ0n) is 19.0. The number of aromatic nitrogens is 5. The van der Waals surface area contributed by atoms with Crippen LogP contribution in [0.5, 0.6) is 0 Å². The quantitative estimate of drug-likeness (QED) is 0.517. The lowest BCUT2D eigenvalue weighted by atomic mass is 9.89. The predicted molar refractivity (Wildman–Crippen MR) is 134 cm³/mol. The Morgan fingerprint density at radius 2 is 1.82 bits per heavy atom. The van der Waals surface area contributed by atoms with Crippen LogP contribution in [-0.4, -0.2) is 56.4 Å². The molecule has 1 aliphatic heterocycles. The third-order valence-corrected chi connectivity index (χ3v) is 7.18. The number of rotatable bonds is 6. The molecule has 1 aliphatic carbocycles. The molecular formula is C24H31BrN8. The van der Waals surface area contributed by atoms with Crippen molar-refractivity contribution in [3.05, 3.63) is 47.1 Å². The summed E-state index contributed by atoms with van der Waals surface area (Å²) in [7, 11) is 1.79. The Kier molecular flexibility index (Phi) is 6.87. The molecule has 5 rings (SSSR count). The van der Waals surface area contributed by atoms with Crippen LogP contribution in [0.15, 0.2) is 47.1 Å². The van der Waals surface area contributed by atoms with E-state index in [0.717, 1.165) is 28.9 Å². The lowest BCUT2D eigenvalue weighted by molar-refractivity contribution is 0.293. The first-order valence-corrected chi connectivity index (χ1v) is 12.7. The monoisotopic (exact) mass is 510 g/mol. The lowest BCUT2D eigenvalue weighted by Crippen LogP contribution is -2.54. The topological polar surface area (TPSA) is 83.8 Å². The summed E-state index contributed by atoms with van der Waals surface area (Å²) in [6, 6.07) is 13.9. The van der Waals surface area contributed by atoms with Crippen LogP contribution in [0, 0.1) is 0 Å². The molecular weight excluding hydrogens is 480 g/mol. The Bertz CT molecular complexity index is 1050. The Morgan fingerprint density at radius 1 is 1.00 bits per heavy atom. The second-order valence-corrected chi connectivity index (χ2v) is 10.0. The number of halogens is 1. The van der Waals surface area contributed by atoms with Crippen LogP contribution in [0.25, 0.3) is 11.4 Å². The summed E-state index contributed by atoms with van der Waals surface area (Å²) < 4.78 is 1.06. The number of benzene rings is 1. The smallest absolute Gasteiger partial charge is 0.204 e. The fraction of sp³-hybridized carbons (Fsp3) is 0.500. The number of aryl methyl sites for hydroxylation is 1. The molecule has 2 aromatic heterocycles. The van der Waals surface area contributed by atoms with E-state index >= 15 is 0 Å². The summed E-state index contributed by atoms with van der Waals surface area (Å²) in [5.41, 5.74) is 2.25. The van der Waals surface area contributed by atoms with Crippen LogP contribution in [0.4, 0.5) is 11.5 Å². The Labute approximate surface area is 203 Å². The van der Waals surface area contributed by atoms with Gasteiger partial charge >= 0.3 is 0 Å². The van der Waals surface area contributed by atoms with Crippen LogP contribution in [0.3, 0.4) is 0 Å². The van der Waals surface area contributed by atoms with E-state index < -0.39 is 0 Å². The molecule has 1 aromatic carbocycles. The zero-order valence-corrected chi connectivity index (χ0v) is 20.6. The van der Waals surface area contributed by atoms with Gasteiger partial charge in [-0.3, -0.25) is 0 Å². The van der Waals surface area contributed by atoms with Crippen LogP contribution in [0.1, 0.15) is 38.5 Å². The van der Waals surface area contributed by atoms with Gasteiger partial charge in [0.15, 0.2) is 0 Å². The van der Waals surface area contributed by atoms with Gasteiger partial charge in [-0.2, -0.15) is 4.80 Å². The van der Waals surface area contributed by atoms with Gasteiger partial charge in [-0.15, -0.1) is 10.2 Å². The molecule has 2 fully saturated rings. The summed E-state index contributed by atoms with van der Waals surface area (Å²) in [5.74, 6) is 1.61. The van der Waals surface area contributed by atoms with Crippen molar-refractivity contribution in [3.63, 3.8) is 0 Å². The number of tetrazole rings is 1. The maximum atomic E-state index is 4.51. The van der Waals surface area contributed by atoms with Crippen LogP contribution < -0.4 is 15.5 Å². The number of hydrogen-bond donors (Lipinski definition) is 2. The van der Waals surface area contributed by atoms with E-state index in [2.05, 4.69) is 82.2 Å². The molecule has 0 bridgehead atoms. The van der Waals surface area contributed by atoms with E-state index in [9.17, 15) is 0 Å². The van der Waals surface area contributed by atoms with E-state index in [0.29, 0.717) is 23.9 Å². The molecule has 0 radical (unpaired) electrons. The van der Waals surface area contributed by atoms with Gasteiger partial charge in [0.2, 0.25) is 5.82 Å². The fourth-order valence-electron chi connectivity index (χ4n) is 5.05. The van der Waals surface area contributed by atoms with E-state index in [-0.39, 0.29) is 0 Å². The number of hydrogen-bond acceptors (Lipinski definition) is 7. The molecule has 8 nitrogen and oxygen atoms in total. The maximum Gasteiger partial charge on any atom is 0.204 e. The number of pyridine rings is 1. The predicted octanol–water partition coefficient (Wildman–Crippen LogP) is 4.02. The van der Waals surface area contributed by atoms with E-state index in [4.69, 9.17) is 0 Å². The molecule has 174 valence electrons. The third kappa shape index (κ3) is 5.52. The maximum absolute atomic E-state index is 4.51. The van der Waals surface area contributed by atoms with Gasteiger partial charge in [0.1, 0.15) is 5.82 Å². The number of nitrogens with zero attached hydrogens (tertiary/aromatic N) is 6. The van der Waals surface area contributed by atoms with Crippen molar-refractivity contribution in [2.24, 2.45) is 7.05 Å². The molecule has 3 aromatic rings. The highest BCUT2D eigenvalue weighted by atomic mass is 79.9. The molecule has 0 spiro atoms. The second kappa shape index (κ2) is 10.2. The number of nitrogens with one attached hydrogen (secondary N) is 2. The molecule has 33 heavy (non-hydrogen) atoms. The standard InChI is InChI=1S/C24H31BrN8/c1-32-30-24(29-31-32)17-8-10-20(11-9-17)33-14-4-5-19(16-33)27-21-6-2-3-7-22(21)28-23-15-18(25)12-13-26-23/h8-13,15,19,21-22,27H,2-7,14,16H2,1H3,(H,26,28)/t19-,21+,22+/m0/s1. The molecule has 1 saturated carbocycles. The third-order valence-electron chi connectivity index (χ3n) is 6.69. The summed E-state index contributed by atoms with van der Waals surface area (Å²) in [4.78, 5) is 8.49.